The van der Waals surface area contributed by atoms with E-state index < -0.39 is 43.9 Å². The van der Waals surface area contributed by atoms with E-state index in [4.69, 9.17) is 11.6 Å². The number of hydrogen-bond donors (Lipinski definition) is 0. The predicted molar refractivity (Wildman–Crippen MR) is 49.4 cm³/mol. The number of nitrogens with zero attached hydrogens (tertiary/aromatic N) is 2. The van der Waals surface area contributed by atoms with E-state index >= 15 is 0 Å². The summed E-state index contributed by atoms with van der Waals surface area (Å²) in [6.45, 7) is 0.660. The van der Waals surface area contributed by atoms with Crippen molar-refractivity contribution >= 4 is 11.6 Å². The SMILES string of the molecule is CC1(Cl)C([N+](=O)[O-])=C(F)C([N+](=O)[O-])=C(F)C1F. The summed E-state index contributed by atoms with van der Waals surface area (Å²) in [5.74, 6) is -4.15. The van der Waals surface area contributed by atoms with Crippen LogP contribution < -0.4 is 0 Å². The average molecular weight is 273 g/mol. The Morgan fingerprint density at radius 1 is 1.29 bits per heavy atom. The van der Waals surface area contributed by atoms with Gasteiger partial charge in [0.15, 0.2) is 11.0 Å². The smallest absolute Gasteiger partial charge is 0.258 e. The van der Waals surface area contributed by atoms with Gasteiger partial charge in [-0.05, 0) is 6.92 Å². The molecule has 0 bridgehead atoms. The van der Waals surface area contributed by atoms with Crippen LogP contribution in [0.5, 0.6) is 0 Å². The summed E-state index contributed by atoms with van der Waals surface area (Å²) < 4.78 is 39.9. The maximum absolute atomic E-state index is 13.4. The zero-order valence-electron chi connectivity index (χ0n) is 8.12. The number of nitro groups is 2. The molecule has 0 aromatic carbocycles. The minimum absolute atomic E-state index is 0.660. The molecule has 2 unspecified atom stereocenters. The second-order valence-electron chi connectivity index (χ2n) is 3.31. The summed E-state index contributed by atoms with van der Waals surface area (Å²) in [5.41, 5.74) is -3.47. The topological polar surface area (TPSA) is 86.3 Å². The van der Waals surface area contributed by atoms with Crippen LogP contribution in [0.2, 0.25) is 0 Å². The monoisotopic (exact) mass is 272 g/mol. The average Bonchev–Trinajstić information content (AvgIpc) is 2.12. The number of allylic oxidation sites excluding steroid dienone is 3. The maximum Gasteiger partial charge on any atom is 0.345 e. The summed E-state index contributed by atoms with van der Waals surface area (Å²) in [6.07, 6.45) is -2.87. The van der Waals surface area contributed by atoms with Gasteiger partial charge < -0.3 is 0 Å². The first-order valence-electron chi connectivity index (χ1n) is 4.04. The van der Waals surface area contributed by atoms with Gasteiger partial charge in [0.05, 0.1) is 9.85 Å². The molecule has 0 heterocycles. The van der Waals surface area contributed by atoms with Crippen molar-refractivity contribution in [1.82, 2.24) is 0 Å². The van der Waals surface area contributed by atoms with Crippen molar-refractivity contribution in [1.29, 1.82) is 0 Å². The molecule has 0 saturated carbocycles. The largest absolute Gasteiger partial charge is 0.345 e. The van der Waals surface area contributed by atoms with Crippen LogP contribution >= 0.6 is 11.6 Å². The Kier molecular flexibility index (Phi) is 3.15. The van der Waals surface area contributed by atoms with E-state index in [0.29, 0.717) is 6.92 Å². The van der Waals surface area contributed by atoms with Crippen LogP contribution in [0, 0.1) is 20.2 Å². The number of hydrogen-bond acceptors (Lipinski definition) is 4. The Hall–Kier alpha value is -1.64. The van der Waals surface area contributed by atoms with Crippen molar-refractivity contribution < 1.29 is 23.0 Å². The summed E-state index contributed by atoms with van der Waals surface area (Å²) >= 11 is 5.33. The Bertz CT molecular complexity index is 474. The minimum atomic E-state index is -2.87. The van der Waals surface area contributed by atoms with E-state index in [0.717, 1.165) is 0 Å². The molecular weight excluding hydrogens is 269 g/mol. The molecule has 0 N–H and O–H groups in total. The number of halogens is 4. The normalized spacial score (nSPS) is 29.6. The van der Waals surface area contributed by atoms with Crippen molar-refractivity contribution in [3.8, 4) is 0 Å². The molecule has 1 aliphatic rings. The van der Waals surface area contributed by atoms with Gasteiger partial charge in [0.25, 0.3) is 5.83 Å². The van der Waals surface area contributed by atoms with Gasteiger partial charge in [-0.2, -0.15) is 4.39 Å². The summed E-state index contributed by atoms with van der Waals surface area (Å²) in [4.78, 5) is 15.2. The molecule has 0 aliphatic heterocycles. The van der Waals surface area contributed by atoms with Crippen molar-refractivity contribution in [3.63, 3.8) is 0 Å². The highest BCUT2D eigenvalue weighted by Gasteiger charge is 2.57. The van der Waals surface area contributed by atoms with E-state index in [1.807, 2.05) is 0 Å². The molecule has 1 aliphatic carbocycles. The van der Waals surface area contributed by atoms with Crippen LogP contribution in [0.4, 0.5) is 13.2 Å². The lowest BCUT2D eigenvalue weighted by Crippen LogP contribution is -2.41. The number of alkyl halides is 2. The molecule has 0 aromatic rings. The Morgan fingerprint density at radius 3 is 2.12 bits per heavy atom. The summed E-state index contributed by atoms with van der Waals surface area (Å²) in [7, 11) is 0. The fourth-order valence-electron chi connectivity index (χ4n) is 1.34. The molecule has 1 rings (SSSR count). The molecule has 17 heavy (non-hydrogen) atoms. The Labute approximate surface area is 96.6 Å². The first-order chi connectivity index (χ1) is 7.62. The lowest BCUT2D eigenvalue weighted by molar-refractivity contribution is -0.448. The minimum Gasteiger partial charge on any atom is -0.258 e. The van der Waals surface area contributed by atoms with Gasteiger partial charge >= 0.3 is 11.4 Å². The molecular formula is C7H4ClF3N2O4. The standard InChI is InChI=1S/C7H4ClF3N2O4/c1-7(8)5(11)2(9)4(12(14)15)3(10)6(7)13(16)17/h5H,1H3. The maximum atomic E-state index is 13.4. The van der Waals surface area contributed by atoms with E-state index in [1.165, 1.54) is 0 Å². The van der Waals surface area contributed by atoms with Crippen molar-refractivity contribution in [2.24, 2.45) is 0 Å². The fraction of sp³-hybridized carbons (Fsp3) is 0.429. The molecule has 2 atom stereocenters. The molecule has 0 radical (unpaired) electrons. The highest BCUT2D eigenvalue weighted by atomic mass is 35.5. The summed E-state index contributed by atoms with van der Waals surface area (Å²) in [6, 6.07) is 0. The quantitative estimate of drug-likeness (QED) is 0.438. The molecule has 10 heteroatoms. The Balaban J connectivity index is 3.62. The van der Waals surface area contributed by atoms with Crippen LogP contribution in [-0.4, -0.2) is 20.9 Å². The zero-order valence-corrected chi connectivity index (χ0v) is 8.87. The van der Waals surface area contributed by atoms with E-state index in [9.17, 15) is 33.4 Å². The lowest BCUT2D eigenvalue weighted by atomic mass is 9.93. The van der Waals surface area contributed by atoms with Crippen LogP contribution in [0.1, 0.15) is 6.92 Å². The van der Waals surface area contributed by atoms with Crippen molar-refractivity contribution in [2.75, 3.05) is 0 Å². The molecule has 0 fully saturated rings. The molecule has 94 valence electrons. The second-order valence-corrected chi connectivity index (χ2v) is 4.10. The van der Waals surface area contributed by atoms with E-state index in [2.05, 4.69) is 0 Å². The van der Waals surface area contributed by atoms with E-state index in [-0.39, 0.29) is 0 Å². The van der Waals surface area contributed by atoms with Crippen LogP contribution in [0.3, 0.4) is 0 Å². The zero-order chi connectivity index (χ0) is 13.5. The molecule has 0 spiro atoms. The number of rotatable bonds is 2. The van der Waals surface area contributed by atoms with Gasteiger partial charge in [-0.1, -0.05) is 0 Å². The third-order valence-corrected chi connectivity index (χ3v) is 2.54. The van der Waals surface area contributed by atoms with Crippen molar-refractivity contribution in [3.05, 3.63) is 43.3 Å². The predicted octanol–water partition coefficient (Wildman–Crippen LogP) is 2.25. The second kappa shape index (κ2) is 3.99. The van der Waals surface area contributed by atoms with Crippen molar-refractivity contribution in [2.45, 2.75) is 18.0 Å². The van der Waals surface area contributed by atoms with Gasteiger partial charge in [-0.15, -0.1) is 11.6 Å². The fourth-order valence-corrected chi connectivity index (χ4v) is 1.58. The van der Waals surface area contributed by atoms with Gasteiger partial charge in [0.2, 0.25) is 5.83 Å². The molecule has 0 saturated heterocycles. The highest BCUT2D eigenvalue weighted by molar-refractivity contribution is 6.26. The van der Waals surface area contributed by atoms with Gasteiger partial charge in [0.1, 0.15) is 0 Å². The third-order valence-electron chi connectivity index (χ3n) is 2.17. The molecule has 6 nitrogen and oxygen atoms in total. The molecule has 0 amide bonds. The van der Waals surface area contributed by atoms with Gasteiger partial charge in [-0.25, -0.2) is 8.78 Å². The Morgan fingerprint density at radius 2 is 1.76 bits per heavy atom. The first kappa shape index (κ1) is 13.4. The van der Waals surface area contributed by atoms with Gasteiger partial charge in [-0.3, -0.25) is 20.2 Å². The van der Waals surface area contributed by atoms with Crippen LogP contribution in [-0.2, 0) is 0 Å². The van der Waals surface area contributed by atoms with Crippen LogP contribution in [0.15, 0.2) is 23.0 Å². The summed E-state index contributed by atoms with van der Waals surface area (Å²) in [5, 5.41) is 20.8. The first-order valence-corrected chi connectivity index (χ1v) is 4.42. The highest BCUT2D eigenvalue weighted by Crippen LogP contribution is 2.44. The van der Waals surface area contributed by atoms with E-state index in [1.54, 1.807) is 0 Å². The van der Waals surface area contributed by atoms with Gasteiger partial charge in [0, 0.05) is 0 Å². The third kappa shape index (κ3) is 1.86. The molecule has 0 aromatic heterocycles. The lowest BCUT2D eigenvalue weighted by Gasteiger charge is -2.24. The van der Waals surface area contributed by atoms with Crippen LogP contribution in [0.25, 0.3) is 0 Å².